The molecule has 0 N–H and O–H groups in total. The lowest BCUT2D eigenvalue weighted by atomic mass is 9.73. The van der Waals surface area contributed by atoms with Crippen LogP contribution in [0.25, 0.3) is 78.5 Å². The van der Waals surface area contributed by atoms with Crippen molar-refractivity contribution in [3.05, 3.63) is 150 Å². The molecule has 0 aliphatic heterocycles. The highest BCUT2D eigenvalue weighted by atomic mass is 15.2. The number of aromatic nitrogens is 4. The molecule has 0 amide bonds. The second-order valence-electron chi connectivity index (χ2n) is 12.5. The Balaban J connectivity index is 1.40. The van der Waals surface area contributed by atoms with Crippen molar-refractivity contribution in [3.63, 3.8) is 0 Å². The molecule has 2 heterocycles. The molecule has 4 nitrogen and oxygen atoms in total. The smallest absolute Gasteiger partial charge is 0.238 e. The monoisotopic (exact) mass is 588 g/mol. The van der Waals surface area contributed by atoms with E-state index >= 15 is 0 Å². The van der Waals surface area contributed by atoms with E-state index in [9.17, 15) is 0 Å². The molecule has 0 bridgehead atoms. The Bertz CT molecular complexity index is 2490. The number of nitrogens with zero attached hydrogens (tertiary/aromatic N) is 4. The third kappa shape index (κ3) is 3.52. The van der Waals surface area contributed by atoms with Crippen molar-refractivity contribution in [3.8, 4) is 39.9 Å². The van der Waals surface area contributed by atoms with Crippen LogP contribution in [0.15, 0.2) is 133 Å². The second-order valence-corrected chi connectivity index (χ2v) is 12.5. The largest absolute Gasteiger partial charge is 0.278 e. The van der Waals surface area contributed by atoms with Gasteiger partial charge in [-0.15, -0.1) is 0 Å². The summed E-state index contributed by atoms with van der Waals surface area (Å²) in [5, 5.41) is 5.08. The molecule has 0 radical (unpaired) electrons. The predicted molar refractivity (Wildman–Crippen MR) is 188 cm³/mol. The Kier molecular flexibility index (Phi) is 5.29. The molecular weight excluding hydrogens is 560 g/mol. The van der Waals surface area contributed by atoms with Crippen LogP contribution in [0.4, 0.5) is 0 Å². The maximum absolute atomic E-state index is 5.21. The third-order valence-electron chi connectivity index (χ3n) is 9.89. The van der Waals surface area contributed by atoms with Crippen LogP contribution in [-0.4, -0.2) is 19.5 Å². The molecule has 2 aromatic heterocycles. The molecule has 4 heteroatoms. The highest BCUT2D eigenvalue weighted by Crippen LogP contribution is 2.54. The van der Waals surface area contributed by atoms with E-state index in [-0.39, 0.29) is 5.92 Å². The van der Waals surface area contributed by atoms with Gasteiger partial charge in [0, 0.05) is 27.8 Å². The molecule has 0 saturated heterocycles. The number of hydrogen-bond donors (Lipinski definition) is 0. The zero-order valence-electron chi connectivity index (χ0n) is 25.2. The molecule has 216 valence electrons. The number of rotatable bonds is 3. The molecule has 2 aliphatic rings. The summed E-state index contributed by atoms with van der Waals surface area (Å²) in [5.41, 5.74) is 10.9. The highest BCUT2D eigenvalue weighted by molar-refractivity contribution is 6.22. The van der Waals surface area contributed by atoms with Gasteiger partial charge in [0.25, 0.3) is 0 Å². The quantitative estimate of drug-likeness (QED) is 0.206. The minimum Gasteiger partial charge on any atom is -0.278 e. The van der Waals surface area contributed by atoms with Gasteiger partial charge in [-0.25, -0.2) is 4.98 Å². The van der Waals surface area contributed by atoms with E-state index in [1.165, 1.54) is 49.4 Å². The maximum atomic E-state index is 5.21. The van der Waals surface area contributed by atoms with Gasteiger partial charge < -0.3 is 0 Å². The molecule has 8 aromatic rings. The van der Waals surface area contributed by atoms with Gasteiger partial charge in [-0.3, -0.25) is 4.57 Å². The summed E-state index contributed by atoms with van der Waals surface area (Å²) >= 11 is 0. The van der Waals surface area contributed by atoms with Gasteiger partial charge in [0.1, 0.15) is 0 Å². The number of benzene rings is 6. The van der Waals surface area contributed by atoms with E-state index in [0.717, 1.165) is 22.2 Å². The van der Waals surface area contributed by atoms with Crippen molar-refractivity contribution < 1.29 is 0 Å². The highest BCUT2D eigenvalue weighted by Gasteiger charge is 2.35. The van der Waals surface area contributed by atoms with Crippen LogP contribution >= 0.6 is 0 Å². The molecule has 2 atom stereocenters. The summed E-state index contributed by atoms with van der Waals surface area (Å²) in [5.74, 6) is 2.49. The number of fused-ring (bicyclic) bond motifs is 4. The second kappa shape index (κ2) is 9.56. The van der Waals surface area contributed by atoms with Crippen molar-refractivity contribution in [1.29, 1.82) is 0 Å². The van der Waals surface area contributed by atoms with Crippen molar-refractivity contribution in [2.75, 3.05) is 0 Å². The lowest BCUT2D eigenvalue weighted by Crippen LogP contribution is -2.15. The predicted octanol–water partition coefficient (Wildman–Crippen LogP) is 10.2. The van der Waals surface area contributed by atoms with Crippen molar-refractivity contribution in [1.82, 2.24) is 19.5 Å². The van der Waals surface area contributed by atoms with Gasteiger partial charge in [-0.05, 0) is 56.6 Å². The fraction of sp³-hybridized carbons (Fsp3) is 0.0714. The summed E-state index contributed by atoms with van der Waals surface area (Å²) in [6.45, 7) is 2.36. The summed E-state index contributed by atoms with van der Waals surface area (Å²) in [6.07, 6.45) is 4.71. The van der Waals surface area contributed by atoms with Gasteiger partial charge in [0.15, 0.2) is 11.6 Å². The van der Waals surface area contributed by atoms with Crippen LogP contribution in [-0.2, 0) is 0 Å². The molecule has 2 unspecified atom stereocenters. The Hall–Kier alpha value is -5.87. The lowest BCUT2D eigenvalue weighted by molar-refractivity contribution is 0.628. The minimum atomic E-state index is 0.217. The fourth-order valence-corrected chi connectivity index (χ4v) is 7.93. The Morgan fingerprint density at radius 3 is 2.00 bits per heavy atom. The Morgan fingerprint density at radius 1 is 0.565 bits per heavy atom. The molecule has 46 heavy (non-hydrogen) atoms. The summed E-state index contributed by atoms with van der Waals surface area (Å²) in [7, 11) is 0. The summed E-state index contributed by atoms with van der Waals surface area (Å²) in [6, 6.07) is 45.1. The lowest BCUT2D eigenvalue weighted by Gasteiger charge is -2.30. The number of allylic oxidation sites excluding steroid dienone is 1. The van der Waals surface area contributed by atoms with Gasteiger partial charge in [0.2, 0.25) is 5.95 Å². The average molecular weight is 589 g/mol. The first-order chi connectivity index (χ1) is 22.7. The van der Waals surface area contributed by atoms with Gasteiger partial charge >= 0.3 is 0 Å². The normalized spacial score (nSPS) is 16.3. The van der Waals surface area contributed by atoms with E-state index in [4.69, 9.17) is 15.0 Å². The fourth-order valence-electron chi connectivity index (χ4n) is 7.93. The first kappa shape index (κ1) is 25.5. The van der Waals surface area contributed by atoms with Gasteiger partial charge in [0.05, 0.1) is 11.0 Å². The Morgan fingerprint density at radius 2 is 1.24 bits per heavy atom. The van der Waals surface area contributed by atoms with Crippen LogP contribution in [0, 0.1) is 5.92 Å². The van der Waals surface area contributed by atoms with E-state index in [1.807, 2.05) is 36.4 Å². The molecule has 0 saturated carbocycles. The number of hydrogen-bond acceptors (Lipinski definition) is 3. The summed E-state index contributed by atoms with van der Waals surface area (Å²) in [4.78, 5) is 15.4. The van der Waals surface area contributed by atoms with Crippen LogP contribution in [0.2, 0.25) is 0 Å². The van der Waals surface area contributed by atoms with Crippen LogP contribution in [0.5, 0.6) is 0 Å². The minimum absolute atomic E-state index is 0.217. The van der Waals surface area contributed by atoms with Crippen molar-refractivity contribution in [2.45, 2.75) is 12.8 Å². The average Bonchev–Trinajstić information content (AvgIpc) is 3.37. The van der Waals surface area contributed by atoms with Gasteiger partial charge in [-0.1, -0.05) is 134 Å². The summed E-state index contributed by atoms with van der Waals surface area (Å²) < 4.78 is 2.28. The van der Waals surface area contributed by atoms with E-state index in [0.29, 0.717) is 23.5 Å². The zero-order valence-corrected chi connectivity index (χ0v) is 25.2. The standard InChI is InChI=1S/C42H28N4/c1-25-22-23-26-17-10-19-31-32-20-11-21-33-37(32)39-34(24-29-16-8-9-18-30(29)38(39)35(25)36(26)31)46(33)42-44-40(27-12-4-2-5-13-27)43-41(45-42)28-14-6-3-7-15-28/h2-25,35H,1H3. The zero-order chi connectivity index (χ0) is 30.4. The van der Waals surface area contributed by atoms with Crippen LogP contribution < -0.4 is 0 Å². The molecular formula is C42H28N4. The van der Waals surface area contributed by atoms with Crippen molar-refractivity contribution in [2.24, 2.45) is 5.92 Å². The SMILES string of the molecule is CC1C=Cc2cccc3c2C1c1c2ccccc2cc2c1c1c-3cccc1n2-c1nc(-c2ccccc2)nc(-c2ccccc2)n1. The van der Waals surface area contributed by atoms with Crippen LogP contribution in [0.1, 0.15) is 29.5 Å². The van der Waals surface area contributed by atoms with E-state index in [2.05, 4.69) is 115 Å². The van der Waals surface area contributed by atoms with E-state index in [1.54, 1.807) is 0 Å². The first-order valence-corrected chi connectivity index (χ1v) is 15.9. The molecule has 0 fully saturated rings. The third-order valence-corrected chi connectivity index (χ3v) is 9.89. The van der Waals surface area contributed by atoms with Crippen molar-refractivity contribution >= 4 is 38.7 Å². The van der Waals surface area contributed by atoms with Crippen LogP contribution in [0.3, 0.4) is 0 Å². The van der Waals surface area contributed by atoms with Gasteiger partial charge in [-0.2, -0.15) is 9.97 Å². The molecule has 6 aromatic carbocycles. The van der Waals surface area contributed by atoms with E-state index < -0.39 is 0 Å². The molecule has 2 aliphatic carbocycles. The molecule has 0 spiro atoms. The topological polar surface area (TPSA) is 43.6 Å². The first-order valence-electron chi connectivity index (χ1n) is 15.9. The maximum Gasteiger partial charge on any atom is 0.238 e. The molecule has 10 rings (SSSR count). The Labute approximate surface area is 266 Å².